The van der Waals surface area contributed by atoms with Gasteiger partial charge in [-0.2, -0.15) is 0 Å². The van der Waals surface area contributed by atoms with Crippen LogP contribution in [0.2, 0.25) is 0 Å². The number of anilines is 1. The summed E-state index contributed by atoms with van der Waals surface area (Å²) in [5, 5.41) is 2.89. The number of hydrogen-bond donors (Lipinski definition) is 2. The Kier molecular flexibility index (Phi) is 6.68. The second-order valence-corrected chi connectivity index (χ2v) is 5.42. The van der Waals surface area contributed by atoms with Crippen molar-refractivity contribution < 1.29 is 4.79 Å². The summed E-state index contributed by atoms with van der Waals surface area (Å²) >= 11 is 0. The van der Waals surface area contributed by atoms with Crippen LogP contribution in [-0.2, 0) is 11.3 Å². The highest BCUT2D eigenvalue weighted by Gasteiger charge is 2.17. The maximum atomic E-state index is 12.0. The molecule has 20 heavy (non-hydrogen) atoms. The summed E-state index contributed by atoms with van der Waals surface area (Å²) in [6.07, 6.45) is 0. The van der Waals surface area contributed by atoms with Crippen molar-refractivity contribution in [1.82, 2.24) is 4.90 Å². The third-order valence-corrected chi connectivity index (χ3v) is 3.52. The molecule has 0 aliphatic heterocycles. The molecule has 0 spiro atoms. The lowest BCUT2D eigenvalue weighted by Crippen LogP contribution is -2.39. The highest BCUT2D eigenvalue weighted by atomic mass is 16.2. The Labute approximate surface area is 122 Å². The fourth-order valence-electron chi connectivity index (χ4n) is 1.98. The molecule has 1 aromatic carbocycles. The molecule has 0 bridgehead atoms. The van der Waals surface area contributed by atoms with E-state index in [2.05, 4.69) is 30.1 Å². The van der Waals surface area contributed by atoms with Gasteiger partial charge in [0.2, 0.25) is 5.91 Å². The van der Waals surface area contributed by atoms with Gasteiger partial charge in [0.15, 0.2) is 0 Å². The van der Waals surface area contributed by atoms with Crippen molar-refractivity contribution in [3.05, 3.63) is 29.8 Å². The van der Waals surface area contributed by atoms with Crippen LogP contribution in [0.4, 0.5) is 5.69 Å². The number of amides is 1. The Balaban J connectivity index is 2.71. The van der Waals surface area contributed by atoms with Crippen LogP contribution in [0, 0.1) is 5.92 Å². The minimum absolute atomic E-state index is 0.125. The number of benzene rings is 1. The molecule has 0 fully saturated rings. The molecule has 1 rings (SSSR count). The van der Waals surface area contributed by atoms with Gasteiger partial charge in [0.1, 0.15) is 0 Å². The summed E-state index contributed by atoms with van der Waals surface area (Å²) in [5.41, 5.74) is 7.86. The fraction of sp³-hybridized carbons (Fsp3) is 0.562. The van der Waals surface area contributed by atoms with Crippen molar-refractivity contribution in [2.75, 3.05) is 18.4 Å². The van der Waals surface area contributed by atoms with Gasteiger partial charge in [-0.15, -0.1) is 0 Å². The monoisotopic (exact) mass is 277 g/mol. The summed E-state index contributed by atoms with van der Waals surface area (Å²) in [6, 6.07) is 7.49. The number of carbonyl (C=O) groups excluding carboxylic acids is 1. The van der Waals surface area contributed by atoms with Gasteiger partial charge in [-0.25, -0.2) is 0 Å². The third-order valence-electron chi connectivity index (χ3n) is 3.52. The first-order chi connectivity index (χ1) is 9.47. The van der Waals surface area contributed by atoms with E-state index in [4.69, 9.17) is 5.73 Å². The molecule has 1 aromatic rings. The lowest BCUT2D eigenvalue weighted by atomic mass is 10.0. The average molecular weight is 277 g/mol. The van der Waals surface area contributed by atoms with E-state index in [1.807, 2.05) is 32.0 Å². The summed E-state index contributed by atoms with van der Waals surface area (Å²) in [6.45, 7) is 11.1. The maximum Gasteiger partial charge on any atom is 0.241 e. The van der Waals surface area contributed by atoms with E-state index < -0.39 is 6.04 Å². The Bertz CT molecular complexity index is 427. The third kappa shape index (κ3) is 4.94. The lowest BCUT2D eigenvalue weighted by molar-refractivity contribution is -0.118. The molecule has 3 N–H and O–H groups in total. The first-order valence-electron chi connectivity index (χ1n) is 7.35. The average Bonchev–Trinajstić information content (AvgIpc) is 2.44. The van der Waals surface area contributed by atoms with Crippen LogP contribution in [0.5, 0.6) is 0 Å². The summed E-state index contributed by atoms with van der Waals surface area (Å²) < 4.78 is 0. The van der Waals surface area contributed by atoms with Crippen molar-refractivity contribution in [1.29, 1.82) is 0 Å². The molecule has 1 amide bonds. The van der Waals surface area contributed by atoms with Gasteiger partial charge in [-0.3, -0.25) is 9.69 Å². The van der Waals surface area contributed by atoms with E-state index in [-0.39, 0.29) is 11.8 Å². The molecule has 0 aliphatic rings. The standard InChI is InChI=1S/C16H27N3O/c1-5-19(6-2)11-13-8-7-9-14(10-13)18-16(20)15(17)12(3)4/h7-10,12,15H,5-6,11,17H2,1-4H3,(H,18,20)/t15-/m1/s1. The summed E-state index contributed by atoms with van der Waals surface area (Å²) in [7, 11) is 0. The van der Waals surface area contributed by atoms with Crippen LogP contribution in [0.25, 0.3) is 0 Å². The number of nitrogens with one attached hydrogen (secondary N) is 1. The molecule has 0 saturated heterocycles. The van der Waals surface area contributed by atoms with Gasteiger partial charge in [0.25, 0.3) is 0 Å². The summed E-state index contributed by atoms with van der Waals surface area (Å²) in [5.74, 6) is 0.00819. The molecule has 0 saturated carbocycles. The van der Waals surface area contributed by atoms with Crippen molar-refractivity contribution in [3.8, 4) is 0 Å². The van der Waals surface area contributed by atoms with Crippen LogP contribution < -0.4 is 11.1 Å². The summed E-state index contributed by atoms with van der Waals surface area (Å²) in [4.78, 5) is 14.3. The smallest absolute Gasteiger partial charge is 0.241 e. The fourth-order valence-corrected chi connectivity index (χ4v) is 1.98. The second kappa shape index (κ2) is 8.02. The first-order valence-corrected chi connectivity index (χ1v) is 7.35. The molecular weight excluding hydrogens is 250 g/mol. The van der Waals surface area contributed by atoms with E-state index in [1.165, 1.54) is 5.56 Å². The zero-order chi connectivity index (χ0) is 15.1. The quantitative estimate of drug-likeness (QED) is 0.805. The normalized spacial score (nSPS) is 12.8. The van der Waals surface area contributed by atoms with Crippen molar-refractivity contribution >= 4 is 11.6 Å². The number of hydrogen-bond acceptors (Lipinski definition) is 3. The molecule has 0 radical (unpaired) electrons. The van der Waals surface area contributed by atoms with Crippen molar-refractivity contribution in [2.24, 2.45) is 11.7 Å². The zero-order valence-electron chi connectivity index (χ0n) is 13.0. The zero-order valence-corrected chi connectivity index (χ0v) is 13.0. The maximum absolute atomic E-state index is 12.0. The van der Waals surface area contributed by atoms with Gasteiger partial charge < -0.3 is 11.1 Å². The van der Waals surface area contributed by atoms with E-state index in [0.717, 1.165) is 25.3 Å². The van der Waals surface area contributed by atoms with E-state index in [0.29, 0.717) is 0 Å². The van der Waals surface area contributed by atoms with Crippen LogP contribution in [0.3, 0.4) is 0 Å². The molecule has 4 heteroatoms. The van der Waals surface area contributed by atoms with Crippen LogP contribution in [0.1, 0.15) is 33.3 Å². The van der Waals surface area contributed by atoms with E-state index in [1.54, 1.807) is 0 Å². The lowest BCUT2D eigenvalue weighted by Gasteiger charge is -2.19. The number of rotatable bonds is 7. The molecular formula is C16H27N3O. The highest BCUT2D eigenvalue weighted by Crippen LogP contribution is 2.13. The first kappa shape index (κ1) is 16.7. The number of carbonyl (C=O) groups is 1. The van der Waals surface area contributed by atoms with Crippen molar-refractivity contribution in [2.45, 2.75) is 40.3 Å². The Morgan fingerprint density at radius 2 is 1.95 bits per heavy atom. The SMILES string of the molecule is CCN(CC)Cc1cccc(NC(=O)[C@H](N)C(C)C)c1. The van der Waals surface area contributed by atoms with Gasteiger partial charge >= 0.3 is 0 Å². The minimum atomic E-state index is -0.471. The molecule has 0 unspecified atom stereocenters. The van der Waals surface area contributed by atoms with E-state index in [9.17, 15) is 4.79 Å². The molecule has 112 valence electrons. The second-order valence-electron chi connectivity index (χ2n) is 5.42. The Morgan fingerprint density at radius 3 is 2.50 bits per heavy atom. The van der Waals surface area contributed by atoms with Crippen molar-refractivity contribution in [3.63, 3.8) is 0 Å². The molecule has 0 heterocycles. The van der Waals surface area contributed by atoms with Crippen LogP contribution >= 0.6 is 0 Å². The number of nitrogens with two attached hydrogens (primary N) is 1. The molecule has 1 atom stereocenters. The molecule has 4 nitrogen and oxygen atoms in total. The van der Waals surface area contributed by atoms with Crippen LogP contribution in [0.15, 0.2) is 24.3 Å². The van der Waals surface area contributed by atoms with Gasteiger partial charge in [-0.1, -0.05) is 39.8 Å². The minimum Gasteiger partial charge on any atom is -0.325 e. The van der Waals surface area contributed by atoms with Crippen LogP contribution in [-0.4, -0.2) is 29.9 Å². The number of nitrogens with zero attached hydrogens (tertiary/aromatic N) is 1. The molecule has 0 aliphatic carbocycles. The highest BCUT2D eigenvalue weighted by molar-refractivity contribution is 5.94. The largest absolute Gasteiger partial charge is 0.325 e. The van der Waals surface area contributed by atoms with Gasteiger partial charge in [0, 0.05) is 12.2 Å². The Morgan fingerprint density at radius 1 is 1.30 bits per heavy atom. The van der Waals surface area contributed by atoms with Gasteiger partial charge in [-0.05, 0) is 36.7 Å². The van der Waals surface area contributed by atoms with E-state index >= 15 is 0 Å². The van der Waals surface area contributed by atoms with Gasteiger partial charge in [0.05, 0.1) is 6.04 Å². The predicted molar refractivity (Wildman–Crippen MR) is 84.5 cm³/mol. The Hall–Kier alpha value is -1.39. The topological polar surface area (TPSA) is 58.4 Å². The molecule has 0 aromatic heterocycles. The predicted octanol–water partition coefficient (Wildman–Crippen LogP) is 2.45.